The van der Waals surface area contributed by atoms with Crippen LogP contribution < -0.4 is 15.4 Å². The lowest BCUT2D eigenvalue weighted by molar-refractivity contribution is -0.185. The second-order valence-electron chi connectivity index (χ2n) is 14.9. The van der Waals surface area contributed by atoms with E-state index in [-0.39, 0.29) is 49.0 Å². The molecule has 7 heterocycles. The summed E-state index contributed by atoms with van der Waals surface area (Å²) in [5, 5.41) is 21.9. The molecule has 2 aromatic carbocycles. The maximum absolute atomic E-state index is 17.5. The van der Waals surface area contributed by atoms with Crippen molar-refractivity contribution < 1.29 is 23.4 Å². The zero-order valence-corrected chi connectivity index (χ0v) is 28.0. The van der Waals surface area contributed by atoms with E-state index < -0.39 is 23.6 Å². The van der Waals surface area contributed by atoms with E-state index in [2.05, 4.69) is 20.8 Å². The van der Waals surface area contributed by atoms with Gasteiger partial charge in [-0.25, -0.2) is 8.78 Å². The molecule has 1 aliphatic carbocycles. The topological polar surface area (TPSA) is 124 Å². The Morgan fingerprint density at radius 3 is 2.84 bits per heavy atom. The Bertz CT molecular complexity index is 2110. The number of aromatic nitrogens is 2. The maximum atomic E-state index is 17.5. The van der Waals surface area contributed by atoms with Crippen molar-refractivity contribution in [2.45, 2.75) is 87.7 Å². The monoisotopic (exact) mass is 685 g/mol. The first kappa shape index (κ1) is 30.2. The molecule has 5 fully saturated rings. The minimum Gasteiger partial charge on any atom is -0.461 e. The summed E-state index contributed by atoms with van der Waals surface area (Å²) in [7, 11) is 0. The van der Waals surface area contributed by atoms with E-state index in [9.17, 15) is 14.8 Å². The fraction of sp³-hybridized carbons (Fsp3) is 0.528. The summed E-state index contributed by atoms with van der Waals surface area (Å²) in [6, 6.07) is 8.28. The molecule has 49 heavy (non-hydrogen) atoms. The highest BCUT2D eigenvalue weighted by Crippen LogP contribution is 2.62. The van der Waals surface area contributed by atoms with Crippen LogP contribution in [0, 0.1) is 17.1 Å². The Labute approximate surface area is 286 Å². The zero-order valence-electron chi connectivity index (χ0n) is 27.2. The fourth-order valence-corrected chi connectivity index (χ4v) is 11.3. The highest BCUT2D eigenvalue weighted by atomic mass is 32.1. The molecule has 10 rings (SSSR count). The van der Waals surface area contributed by atoms with Gasteiger partial charge < -0.3 is 25.2 Å². The zero-order chi connectivity index (χ0) is 33.4. The largest absolute Gasteiger partial charge is 0.461 e. The van der Waals surface area contributed by atoms with Gasteiger partial charge in [-0.3, -0.25) is 9.80 Å². The first-order chi connectivity index (χ1) is 23.7. The van der Waals surface area contributed by atoms with Crippen molar-refractivity contribution in [2.24, 2.45) is 0 Å². The molecular weight excluding hydrogens is 649 g/mol. The van der Waals surface area contributed by atoms with Gasteiger partial charge in [0.2, 0.25) is 0 Å². The third kappa shape index (κ3) is 3.92. The average Bonchev–Trinajstić information content (AvgIpc) is 3.82. The second-order valence-corrected chi connectivity index (χ2v) is 16.0. The molecule has 13 heteroatoms. The number of aliphatic hydroxyl groups is 1. The lowest BCUT2D eigenvalue weighted by Gasteiger charge is -2.81. The number of ether oxygens (including phenoxy) is 2. The van der Waals surface area contributed by atoms with Crippen LogP contribution in [-0.2, 0) is 18.0 Å². The number of nitrogen functional groups attached to an aromatic ring is 1. The Morgan fingerprint density at radius 2 is 2.06 bits per heavy atom. The molecule has 0 bridgehead atoms. The molecule has 6 atom stereocenters. The summed E-state index contributed by atoms with van der Waals surface area (Å²) < 4.78 is 45.4. The number of thiophene rings is 1. The number of nitrogens with zero attached hydrogens (tertiary/aromatic N) is 6. The lowest BCUT2D eigenvalue weighted by atomic mass is 9.52. The third-order valence-electron chi connectivity index (χ3n) is 12.5. The van der Waals surface area contributed by atoms with Gasteiger partial charge in [0.1, 0.15) is 35.2 Å². The van der Waals surface area contributed by atoms with Crippen molar-refractivity contribution in [2.75, 3.05) is 43.4 Å². The molecule has 10 nitrogen and oxygen atoms in total. The number of likely N-dealkylation sites (tertiary alicyclic amines) is 1. The van der Waals surface area contributed by atoms with Crippen LogP contribution in [0.3, 0.4) is 0 Å². The van der Waals surface area contributed by atoms with Gasteiger partial charge in [0.15, 0.2) is 5.82 Å². The number of aliphatic hydroxyl groups excluding tert-OH is 1. The molecule has 0 amide bonds. The molecule has 3 N–H and O–H groups in total. The van der Waals surface area contributed by atoms with E-state index >= 15 is 4.39 Å². The van der Waals surface area contributed by atoms with Crippen LogP contribution in [0.5, 0.6) is 6.01 Å². The van der Waals surface area contributed by atoms with Crippen LogP contribution in [0.25, 0.3) is 32.1 Å². The number of nitrogens with two attached hydrogens (primary N) is 1. The van der Waals surface area contributed by atoms with E-state index in [1.165, 1.54) is 11.3 Å². The van der Waals surface area contributed by atoms with Gasteiger partial charge >= 0.3 is 6.01 Å². The van der Waals surface area contributed by atoms with Crippen LogP contribution >= 0.6 is 11.3 Å². The number of benzene rings is 2. The van der Waals surface area contributed by atoms with Gasteiger partial charge in [-0.05, 0) is 61.9 Å². The molecule has 1 spiro atoms. The Balaban J connectivity index is 1.15. The average molecular weight is 686 g/mol. The molecular formula is C36H37F2N7O3S. The predicted molar refractivity (Wildman–Crippen MR) is 182 cm³/mol. The minimum atomic E-state index is -0.900. The fourth-order valence-electron chi connectivity index (χ4n) is 10.3. The number of halogens is 2. The smallest absolute Gasteiger partial charge is 0.319 e. The van der Waals surface area contributed by atoms with E-state index in [1.807, 2.05) is 25.1 Å². The van der Waals surface area contributed by atoms with Crippen LogP contribution in [-0.4, -0.2) is 93.1 Å². The molecule has 2 aromatic heterocycles. The van der Waals surface area contributed by atoms with Crippen LogP contribution in [0.1, 0.15) is 55.7 Å². The first-order valence-electron chi connectivity index (χ1n) is 17.3. The number of nitriles is 1. The number of hydrogen-bond donors (Lipinski definition) is 2. The van der Waals surface area contributed by atoms with Gasteiger partial charge in [0.05, 0.1) is 53.4 Å². The first-order valence-corrected chi connectivity index (χ1v) is 18.1. The SMILES string of the molecule is CC(O)CN1CC2N(c3nc(OC[C@@]45CCCN4CC(F)C5)nc4c(F)c(-c5cccc6sc(N)c(C#N)c56)c5c(c34)COC5)C3CCC321. The quantitative estimate of drug-likeness (QED) is 0.278. The summed E-state index contributed by atoms with van der Waals surface area (Å²) >= 11 is 1.32. The van der Waals surface area contributed by atoms with Gasteiger partial charge in [-0.1, -0.05) is 12.1 Å². The number of hydrogen-bond acceptors (Lipinski definition) is 11. The molecule has 6 aliphatic rings. The van der Waals surface area contributed by atoms with E-state index in [0.717, 1.165) is 54.6 Å². The van der Waals surface area contributed by atoms with Crippen molar-refractivity contribution in [3.8, 4) is 23.2 Å². The summed E-state index contributed by atoms with van der Waals surface area (Å²) in [4.78, 5) is 16.8. The van der Waals surface area contributed by atoms with Gasteiger partial charge in [0.25, 0.3) is 0 Å². The summed E-state index contributed by atoms with van der Waals surface area (Å²) in [5.74, 6) is 0.143. The Hall–Kier alpha value is -3.67. The molecule has 4 aromatic rings. The molecule has 0 radical (unpaired) electrons. The van der Waals surface area contributed by atoms with Crippen LogP contribution in [0.4, 0.5) is 19.6 Å². The molecule has 5 unspecified atom stereocenters. The molecule has 4 saturated heterocycles. The Kier molecular flexibility index (Phi) is 6.42. The highest BCUT2D eigenvalue weighted by Gasteiger charge is 2.75. The highest BCUT2D eigenvalue weighted by molar-refractivity contribution is 7.23. The predicted octanol–water partition coefficient (Wildman–Crippen LogP) is 4.88. The van der Waals surface area contributed by atoms with Crippen molar-refractivity contribution in [3.05, 3.63) is 40.7 Å². The number of fused-ring (bicyclic) bond motifs is 5. The van der Waals surface area contributed by atoms with Crippen molar-refractivity contribution in [3.63, 3.8) is 0 Å². The van der Waals surface area contributed by atoms with Gasteiger partial charge in [-0.2, -0.15) is 15.2 Å². The number of rotatable bonds is 7. The van der Waals surface area contributed by atoms with Crippen molar-refractivity contribution >= 4 is 43.1 Å². The number of anilines is 2. The Morgan fingerprint density at radius 1 is 1.20 bits per heavy atom. The van der Waals surface area contributed by atoms with E-state index in [4.69, 9.17) is 25.2 Å². The van der Waals surface area contributed by atoms with E-state index in [0.29, 0.717) is 57.8 Å². The van der Waals surface area contributed by atoms with Gasteiger partial charge in [0, 0.05) is 41.7 Å². The van der Waals surface area contributed by atoms with E-state index in [1.54, 1.807) is 0 Å². The molecule has 1 saturated carbocycles. The minimum absolute atomic E-state index is 0.00103. The van der Waals surface area contributed by atoms with Crippen LogP contribution in [0.2, 0.25) is 0 Å². The molecule has 5 aliphatic heterocycles. The standard InChI is InChI=1S/C36H37F2N7O3S/c1-18(46)12-44-14-26-36(44)8-6-25(36)45(26)33-29-23-16-47-15-22(23)28(20-4-2-5-24-27(20)21(11-39)32(40)49-24)30(38)31(29)41-34(42-33)48-17-35-7-3-9-43(35)13-19(37)10-35/h2,4-5,18-19,25-26,46H,3,6-10,12-17,40H2,1H3/t18?,19?,25?,26?,35-,36?/m0/s1. The summed E-state index contributed by atoms with van der Waals surface area (Å²) in [6.07, 6.45) is 2.93. The number of β-amino-alcohol motifs (C(OH)–C–C–N with tert-alkyl or cyclic N) is 1. The molecule has 254 valence electrons. The summed E-state index contributed by atoms with van der Waals surface area (Å²) in [6.45, 7) is 5.21. The normalized spacial score (nSPS) is 30.7. The van der Waals surface area contributed by atoms with Crippen LogP contribution in [0.15, 0.2) is 18.2 Å². The number of alkyl halides is 1. The number of piperidine rings is 1. The second kappa shape index (κ2) is 10.4. The van der Waals surface area contributed by atoms with Gasteiger partial charge in [-0.15, -0.1) is 11.3 Å². The van der Waals surface area contributed by atoms with Crippen molar-refractivity contribution in [1.82, 2.24) is 19.8 Å². The maximum Gasteiger partial charge on any atom is 0.319 e. The van der Waals surface area contributed by atoms with Crippen molar-refractivity contribution in [1.29, 1.82) is 5.26 Å². The lowest BCUT2D eigenvalue weighted by Crippen LogP contribution is -2.96. The summed E-state index contributed by atoms with van der Waals surface area (Å²) in [5.41, 5.74) is 8.87. The third-order valence-corrected chi connectivity index (χ3v) is 13.5. The number of piperazine rings is 1.